The second kappa shape index (κ2) is 11.7. The van der Waals surface area contributed by atoms with E-state index in [-0.39, 0.29) is 24.2 Å². The Morgan fingerprint density at radius 1 is 1.07 bits per heavy atom. The highest BCUT2D eigenvalue weighted by Crippen LogP contribution is 2.33. The largest absolute Gasteiger partial charge is 0.573 e. The molecule has 40 heavy (non-hydrogen) atoms. The van der Waals surface area contributed by atoms with Crippen LogP contribution in [-0.2, 0) is 11.4 Å². The zero-order chi connectivity index (χ0) is 28.3. The van der Waals surface area contributed by atoms with Gasteiger partial charge >= 0.3 is 6.36 Å². The number of carbonyl (C=O) groups is 1. The average molecular weight is 585 g/mol. The smallest absolute Gasteiger partial charge is 0.487 e. The highest BCUT2D eigenvalue weighted by atomic mass is 32.2. The highest BCUT2D eigenvalue weighted by molar-refractivity contribution is 8.15. The van der Waals surface area contributed by atoms with Crippen molar-refractivity contribution >= 4 is 56.4 Å². The van der Waals surface area contributed by atoms with Crippen LogP contribution in [0.1, 0.15) is 36.6 Å². The van der Waals surface area contributed by atoms with E-state index < -0.39 is 6.36 Å². The molecule has 0 spiro atoms. The lowest BCUT2D eigenvalue weighted by Crippen LogP contribution is -2.30. The maximum atomic E-state index is 12.7. The molecule has 12 heteroatoms. The number of para-hydroxylation sites is 1. The van der Waals surface area contributed by atoms with Crippen LogP contribution in [0, 0.1) is 0 Å². The number of halogens is 3. The number of fused-ring (bicyclic) bond motifs is 1. The minimum atomic E-state index is -4.74. The third-order valence-corrected chi connectivity index (χ3v) is 7.68. The minimum Gasteiger partial charge on any atom is -0.487 e. The number of hydrogen-bond donors (Lipinski definition) is 0. The van der Waals surface area contributed by atoms with Crippen LogP contribution in [0.4, 0.5) is 18.9 Å². The van der Waals surface area contributed by atoms with Gasteiger partial charge in [-0.15, -0.1) is 18.3 Å². The quantitative estimate of drug-likeness (QED) is 0.160. The fourth-order valence-corrected chi connectivity index (χ4v) is 5.73. The fourth-order valence-electron chi connectivity index (χ4n) is 4.08. The highest BCUT2D eigenvalue weighted by Gasteiger charge is 2.32. The lowest BCUT2D eigenvalue weighted by atomic mass is 10.0. The molecular formula is C28H23F3N4O3S2. The molecule has 1 aliphatic rings. The molecule has 7 nitrogen and oxygen atoms in total. The van der Waals surface area contributed by atoms with E-state index in [0.29, 0.717) is 22.4 Å². The van der Waals surface area contributed by atoms with Crippen molar-refractivity contribution in [3.8, 4) is 11.5 Å². The zero-order valence-electron chi connectivity index (χ0n) is 21.4. The van der Waals surface area contributed by atoms with Crippen molar-refractivity contribution in [2.24, 2.45) is 10.2 Å². The molecule has 3 aromatic carbocycles. The molecule has 4 aromatic rings. The van der Waals surface area contributed by atoms with Gasteiger partial charge in [0, 0.05) is 5.39 Å². The second-order valence-electron chi connectivity index (χ2n) is 9.05. The van der Waals surface area contributed by atoms with Crippen molar-refractivity contribution in [3.63, 3.8) is 0 Å². The molecule has 0 N–H and O–H groups in total. The van der Waals surface area contributed by atoms with E-state index in [1.807, 2.05) is 42.5 Å². The van der Waals surface area contributed by atoms with Crippen LogP contribution in [0.5, 0.6) is 11.5 Å². The maximum Gasteiger partial charge on any atom is 0.573 e. The SMILES string of the molecule is CC(C)c1ccccc1N1C(=O)CS/C1=N\N=C\c1ccc2c(COc3ccc(OC(F)(F)F)cc3)nsc2c1. The fraction of sp³-hybridized carbons (Fsp3) is 0.214. The number of thioether (sulfide) groups is 1. The predicted octanol–water partition coefficient (Wildman–Crippen LogP) is 7.37. The summed E-state index contributed by atoms with van der Waals surface area (Å²) in [6, 6.07) is 18.7. The lowest BCUT2D eigenvalue weighted by molar-refractivity contribution is -0.274. The molecule has 0 bridgehead atoms. The summed E-state index contributed by atoms with van der Waals surface area (Å²) in [6.07, 6.45) is -3.12. The summed E-state index contributed by atoms with van der Waals surface area (Å²) in [5, 5.41) is 10.0. The number of rotatable bonds is 8. The van der Waals surface area contributed by atoms with Gasteiger partial charge in [-0.05, 0) is 65.0 Å². The average Bonchev–Trinajstić information content (AvgIpc) is 3.49. The minimum absolute atomic E-state index is 0.0292. The van der Waals surface area contributed by atoms with Crippen LogP contribution in [-0.4, -0.2) is 33.8 Å². The second-order valence-corrected chi connectivity index (χ2v) is 10.8. The molecule has 0 aliphatic carbocycles. The summed E-state index contributed by atoms with van der Waals surface area (Å²) in [6.45, 7) is 4.32. The molecule has 1 amide bonds. The standard InChI is InChI=1S/C28H23F3N4O3S2/c1-17(2)21-5-3-4-6-24(21)35-26(36)16-39-27(35)33-32-14-18-7-12-22-23(34-40-25(22)13-18)15-37-19-8-10-20(11-9-19)38-28(29,30)31/h3-14,17H,15-16H2,1-2H3/b32-14+,33-27-. The van der Waals surface area contributed by atoms with Gasteiger partial charge in [-0.3, -0.25) is 9.69 Å². The van der Waals surface area contributed by atoms with Crippen LogP contribution in [0.25, 0.3) is 10.1 Å². The van der Waals surface area contributed by atoms with Gasteiger partial charge in [-0.1, -0.05) is 55.9 Å². The molecule has 0 saturated carbocycles. The first-order valence-electron chi connectivity index (χ1n) is 12.2. The van der Waals surface area contributed by atoms with E-state index in [1.165, 1.54) is 47.6 Å². The number of aromatic nitrogens is 1. The molecule has 0 radical (unpaired) electrons. The number of carbonyl (C=O) groups excluding carboxylic acids is 1. The number of amidine groups is 1. The van der Waals surface area contributed by atoms with Gasteiger partial charge in [0.15, 0.2) is 5.17 Å². The van der Waals surface area contributed by atoms with Crippen molar-refractivity contribution in [3.05, 3.63) is 83.6 Å². The van der Waals surface area contributed by atoms with Crippen molar-refractivity contribution in [2.45, 2.75) is 32.7 Å². The summed E-state index contributed by atoms with van der Waals surface area (Å²) in [4.78, 5) is 14.3. The Balaban J connectivity index is 1.26. The van der Waals surface area contributed by atoms with Gasteiger partial charge in [0.1, 0.15) is 18.1 Å². The number of hydrogen-bond acceptors (Lipinski definition) is 8. The van der Waals surface area contributed by atoms with Gasteiger partial charge in [0.2, 0.25) is 5.91 Å². The number of ether oxygens (including phenoxy) is 2. The third kappa shape index (κ3) is 6.45. The first-order chi connectivity index (χ1) is 19.2. The predicted molar refractivity (Wildman–Crippen MR) is 153 cm³/mol. The topological polar surface area (TPSA) is 76.4 Å². The number of amides is 1. The molecule has 206 valence electrons. The van der Waals surface area contributed by atoms with Gasteiger partial charge in [-0.2, -0.15) is 9.47 Å². The number of benzene rings is 3. The first-order valence-corrected chi connectivity index (χ1v) is 14.0. The molecule has 5 rings (SSSR count). The van der Waals surface area contributed by atoms with E-state index in [1.54, 1.807) is 11.1 Å². The summed E-state index contributed by atoms with van der Waals surface area (Å²) < 4.78 is 52.0. The molecule has 0 unspecified atom stereocenters. The maximum absolute atomic E-state index is 12.7. The van der Waals surface area contributed by atoms with Gasteiger partial charge in [-0.25, -0.2) is 0 Å². The molecule has 1 fully saturated rings. The van der Waals surface area contributed by atoms with Gasteiger partial charge in [0.25, 0.3) is 0 Å². The third-order valence-electron chi connectivity index (χ3n) is 5.92. The summed E-state index contributed by atoms with van der Waals surface area (Å²) in [7, 11) is 0. The zero-order valence-corrected chi connectivity index (χ0v) is 23.0. The first kappa shape index (κ1) is 27.7. The molecule has 1 aliphatic heterocycles. The Morgan fingerprint density at radius 3 is 2.58 bits per heavy atom. The van der Waals surface area contributed by atoms with Crippen LogP contribution in [0.3, 0.4) is 0 Å². The molecular weight excluding hydrogens is 561 g/mol. The van der Waals surface area contributed by atoms with Gasteiger partial charge in [0.05, 0.1) is 28.0 Å². The lowest BCUT2D eigenvalue weighted by Gasteiger charge is -2.20. The van der Waals surface area contributed by atoms with Crippen LogP contribution in [0.2, 0.25) is 0 Å². The van der Waals surface area contributed by atoms with Crippen molar-refractivity contribution in [1.29, 1.82) is 0 Å². The number of alkyl halides is 3. The normalized spacial score (nSPS) is 15.2. The molecule has 2 heterocycles. The Bertz CT molecular complexity index is 1580. The number of anilines is 1. The monoisotopic (exact) mass is 584 g/mol. The summed E-state index contributed by atoms with van der Waals surface area (Å²) in [5.74, 6) is 0.609. The van der Waals surface area contributed by atoms with E-state index in [0.717, 1.165) is 26.9 Å². The molecule has 1 aromatic heterocycles. The Morgan fingerprint density at radius 2 is 1.82 bits per heavy atom. The van der Waals surface area contributed by atoms with E-state index in [9.17, 15) is 18.0 Å². The Hall–Kier alpha value is -3.90. The Labute approximate surface area is 236 Å². The molecule has 1 saturated heterocycles. The summed E-state index contributed by atoms with van der Waals surface area (Å²) >= 11 is 2.66. The van der Waals surface area contributed by atoms with E-state index >= 15 is 0 Å². The van der Waals surface area contributed by atoms with Crippen LogP contribution in [0.15, 0.2) is 76.9 Å². The van der Waals surface area contributed by atoms with Crippen molar-refractivity contribution < 1.29 is 27.4 Å². The van der Waals surface area contributed by atoms with Crippen LogP contribution >= 0.6 is 23.3 Å². The van der Waals surface area contributed by atoms with Crippen LogP contribution < -0.4 is 14.4 Å². The van der Waals surface area contributed by atoms with Crippen molar-refractivity contribution in [1.82, 2.24) is 4.37 Å². The molecule has 0 atom stereocenters. The number of nitrogens with zero attached hydrogens (tertiary/aromatic N) is 4. The van der Waals surface area contributed by atoms with E-state index in [2.05, 4.69) is 33.2 Å². The van der Waals surface area contributed by atoms with E-state index in [4.69, 9.17) is 4.74 Å². The van der Waals surface area contributed by atoms with Crippen molar-refractivity contribution in [2.75, 3.05) is 10.7 Å². The summed E-state index contributed by atoms with van der Waals surface area (Å²) in [5.41, 5.74) is 3.42. The Kier molecular flexibility index (Phi) is 8.08. The van der Waals surface area contributed by atoms with Gasteiger partial charge < -0.3 is 9.47 Å².